The van der Waals surface area contributed by atoms with Crippen molar-refractivity contribution < 1.29 is 19.4 Å². The van der Waals surface area contributed by atoms with Crippen molar-refractivity contribution in [3.63, 3.8) is 0 Å². The maximum atomic E-state index is 13.8. The van der Waals surface area contributed by atoms with Gasteiger partial charge in [0.15, 0.2) is 0 Å². The van der Waals surface area contributed by atoms with Gasteiger partial charge in [-0.1, -0.05) is 12.1 Å². The molecule has 1 aliphatic rings. The molecule has 1 aromatic heterocycles. The van der Waals surface area contributed by atoms with Crippen LogP contribution in [0.2, 0.25) is 0 Å². The number of fused-ring (bicyclic) bond motifs is 1. The molecule has 2 heterocycles. The van der Waals surface area contributed by atoms with Gasteiger partial charge in [-0.15, -0.1) is 0 Å². The van der Waals surface area contributed by atoms with Crippen LogP contribution in [0, 0.1) is 6.92 Å². The van der Waals surface area contributed by atoms with Crippen LogP contribution in [-0.4, -0.2) is 65.6 Å². The summed E-state index contributed by atoms with van der Waals surface area (Å²) in [5.41, 5.74) is 3.64. The lowest BCUT2D eigenvalue weighted by molar-refractivity contribution is 0.0496. The van der Waals surface area contributed by atoms with Crippen LogP contribution in [-0.2, 0) is 0 Å². The summed E-state index contributed by atoms with van der Waals surface area (Å²) in [4.78, 5) is 32.3. The Balaban J connectivity index is 1.77. The van der Waals surface area contributed by atoms with E-state index in [0.29, 0.717) is 24.4 Å². The number of amides is 1. The number of carbonyl (C=O) groups excluding carboxylic acids is 1. The number of methoxy groups -OCH3 is 1. The van der Waals surface area contributed by atoms with E-state index in [-0.39, 0.29) is 17.5 Å². The molecular formula is C23H25N3O4. The number of ether oxygens (including phenoxy) is 1. The zero-order valence-electron chi connectivity index (χ0n) is 17.3. The number of carboxylic acid groups (broad SMARTS) is 1. The average Bonchev–Trinajstić information content (AvgIpc) is 3.23. The van der Waals surface area contributed by atoms with E-state index >= 15 is 0 Å². The molecule has 7 heteroatoms. The van der Waals surface area contributed by atoms with Gasteiger partial charge in [0.1, 0.15) is 5.75 Å². The molecule has 0 spiro atoms. The van der Waals surface area contributed by atoms with Crippen molar-refractivity contribution in [2.24, 2.45) is 0 Å². The first-order chi connectivity index (χ1) is 14.4. The molecule has 1 unspecified atom stereocenters. The van der Waals surface area contributed by atoms with Gasteiger partial charge in [0.25, 0.3) is 5.91 Å². The van der Waals surface area contributed by atoms with E-state index in [2.05, 4.69) is 9.88 Å². The maximum absolute atomic E-state index is 13.8. The minimum atomic E-state index is -0.963. The average molecular weight is 407 g/mol. The number of aryl methyl sites for hydroxylation is 1. The van der Waals surface area contributed by atoms with E-state index in [0.717, 1.165) is 28.6 Å². The molecule has 1 saturated heterocycles. The monoisotopic (exact) mass is 407 g/mol. The van der Waals surface area contributed by atoms with Crippen molar-refractivity contribution in [3.8, 4) is 5.75 Å². The highest BCUT2D eigenvalue weighted by atomic mass is 16.5. The molecule has 156 valence electrons. The number of aromatic carboxylic acids is 1. The zero-order valence-corrected chi connectivity index (χ0v) is 17.3. The van der Waals surface area contributed by atoms with Crippen LogP contribution in [0.3, 0.4) is 0 Å². The fourth-order valence-corrected chi connectivity index (χ4v) is 4.20. The van der Waals surface area contributed by atoms with Gasteiger partial charge in [0.2, 0.25) is 0 Å². The summed E-state index contributed by atoms with van der Waals surface area (Å²) in [6.45, 7) is 3.99. The highest BCUT2D eigenvalue weighted by Gasteiger charge is 2.33. The molecular weight excluding hydrogens is 382 g/mol. The van der Waals surface area contributed by atoms with Gasteiger partial charge < -0.3 is 24.6 Å². The Kier molecular flexibility index (Phi) is 5.22. The summed E-state index contributed by atoms with van der Waals surface area (Å²) < 4.78 is 5.58. The lowest BCUT2D eigenvalue weighted by Crippen LogP contribution is -2.49. The van der Waals surface area contributed by atoms with Crippen LogP contribution in [0.1, 0.15) is 37.9 Å². The van der Waals surface area contributed by atoms with Crippen LogP contribution in [0.25, 0.3) is 10.9 Å². The number of hydrogen-bond acceptors (Lipinski definition) is 4. The highest BCUT2D eigenvalue weighted by Crippen LogP contribution is 2.34. The molecule has 0 aliphatic carbocycles. The Labute approximate surface area is 174 Å². The molecule has 4 rings (SSSR count). The number of hydrogen-bond donors (Lipinski definition) is 2. The SMILES string of the molecule is COc1cc(C)c2[nH]ccc2c1C(=O)N1CCN(C)CC1c1ccc(C(=O)O)cc1. The summed E-state index contributed by atoms with van der Waals surface area (Å²) >= 11 is 0. The van der Waals surface area contributed by atoms with Gasteiger partial charge in [-0.2, -0.15) is 0 Å². The number of carboxylic acids is 1. The van der Waals surface area contributed by atoms with Crippen molar-refractivity contribution >= 4 is 22.8 Å². The third-order valence-electron chi connectivity index (χ3n) is 5.83. The molecule has 0 bridgehead atoms. The first kappa shape index (κ1) is 20.0. The maximum Gasteiger partial charge on any atom is 0.335 e. The number of likely N-dealkylation sites (N-methyl/N-ethyl adjacent to an activating group) is 1. The Morgan fingerprint density at radius 3 is 2.57 bits per heavy atom. The number of carbonyl (C=O) groups is 2. The molecule has 1 fully saturated rings. The van der Waals surface area contributed by atoms with Crippen LogP contribution in [0.4, 0.5) is 0 Å². The Morgan fingerprint density at radius 2 is 1.90 bits per heavy atom. The smallest absolute Gasteiger partial charge is 0.335 e. The quantitative estimate of drug-likeness (QED) is 0.693. The molecule has 0 saturated carbocycles. The van der Waals surface area contributed by atoms with Gasteiger partial charge in [0.05, 0.1) is 24.3 Å². The number of benzene rings is 2. The van der Waals surface area contributed by atoms with Gasteiger partial charge in [0, 0.05) is 36.7 Å². The molecule has 1 amide bonds. The van der Waals surface area contributed by atoms with Crippen molar-refractivity contribution in [1.29, 1.82) is 0 Å². The van der Waals surface area contributed by atoms with Crippen molar-refractivity contribution in [1.82, 2.24) is 14.8 Å². The van der Waals surface area contributed by atoms with Gasteiger partial charge >= 0.3 is 5.97 Å². The molecule has 2 N–H and O–H groups in total. The highest BCUT2D eigenvalue weighted by molar-refractivity contribution is 6.09. The number of nitrogens with zero attached hydrogens (tertiary/aromatic N) is 2. The van der Waals surface area contributed by atoms with E-state index in [4.69, 9.17) is 4.74 Å². The summed E-state index contributed by atoms with van der Waals surface area (Å²) in [5, 5.41) is 10.0. The van der Waals surface area contributed by atoms with Crippen LogP contribution in [0.15, 0.2) is 42.6 Å². The minimum Gasteiger partial charge on any atom is -0.496 e. The molecule has 1 aliphatic heterocycles. The Hall–Kier alpha value is -3.32. The van der Waals surface area contributed by atoms with Crippen molar-refractivity contribution in [2.75, 3.05) is 33.8 Å². The normalized spacial score (nSPS) is 17.3. The molecule has 30 heavy (non-hydrogen) atoms. The molecule has 1 atom stereocenters. The number of nitrogens with one attached hydrogen (secondary N) is 1. The van der Waals surface area contributed by atoms with Crippen LogP contribution in [0.5, 0.6) is 5.75 Å². The summed E-state index contributed by atoms with van der Waals surface area (Å²) in [6, 6.07) is 10.4. The third-order valence-corrected chi connectivity index (χ3v) is 5.83. The van der Waals surface area contributed by atoms with E-state index in [1.54, 1.807) is 31.4 Å². The summed E-state index contributed by atoms with van der Waals surface area (Å²) in [6.07, 6.45) is 1.83. The van der Waals surface area contributed by atoms with Crippen LogP contribution < -0.4 is 4.74 Å². The van der Waals surface area contributed by atoms with E-state index in [1.165, 1.54) is 0 Å². The predicted molar refractivity (Wildman–Crippen MR) is 114 cm³/mol. The van der Waals surface area contributed by atoms with E-state index < -0.39 is 5.97 Å². The lowest BCUT2D eigenvalue weighted by Gasteiger charge is -2.40. The number of rotatable bonds is 4. The number of aromatic nitrogens is 1. The molecule has 2 aromatic carbocycles. The largest absolute Gasteiger partial charge is 0.496 e. The fourth-order valence-electron chi connectivity index (χ4n) is 4.20. The summed E-state index contributed by atoms with van der Waals surface area (Å²) in [5.74, 6) is -0.491. The first-order valence-corrected chi connectivity index (χ1v) is 9.88. The van der Waals surface area contributed by atoms with Crippen molar-refractivity contribution in [2.45, 2.75) is 13.0 Å². The number of H-pyrrole nitrogens is 1. The second kappa shape index (κ2) is 7.84. The van der Waals surface area contributed by atoms with Gasteiger partial charge in [-0.25, -0.2) is 4.79 Å². The van der Waals surface area contributed by atoms with E-state index in [1.807, 2.05) is 37.2 Å². The lowest BCUT2D eigenvalue weighted by atomic mass is 9.98. The minimum absolute atomic E-state index is 0.0862. The first-order valence-electron chi connectivity index (χ1n) is 9.88. The van der Waals surface area contributed by atoms with Crippen molar-refractivity contribution in [3.05, 3.63) is 64.8 Å². The Morgan fingerprint density at radius 1 is 1.17 bits per heavy atom. The number of aromatic amines is 1. The van der Waals surface area contributed by atoms with Gasteiger partial charge in [-0.05, 0) is 49.4 Å². The summed E-state index contributed by atoms with van der Waals surface area (Å²) in [7, 11) is 3.60. The molecule has 3 aromatic rings. The topological polar surface area (TPSA) is 85.9 Å². The standard InChI is InChI=1S/C23H25N3O4/c1-14-12-19(30-3)20(17-8-9-24-21(14)17)22(27)26-11-10-25(2)13-18(26)15-4-6-16(7-5-15)23(28)29/h4-9,12,18,24H,10-11,13H2,1-3H3,(H,28,29). The number of piperazine rings is 1. The predicted octanol–water partition coefficient (Wildman–Crippen LogP) is 3.31. The second-order valence-corrected chi connectivity index (χ2v) is 7.74. The third kappa shape index (κ3) is 3.41. The molecule has 0 radical (unpaired) electrons. The fraction of sp³-hybridized carbons (Fsp3) is 0.304. The van der Waals surface area contributed by atoms with E-state index in [9.17, 15) is 14.7 Å². The Bertz CT molecular complexity index is 1100. The second-order valence-electron chi connectivity index (χ2n) is 7.74. The van der Waals surface area contributed by atoms with Crippen LogP contribution >= 0.6 is 0 Å². The van der Waals surface area contributed by atoms with Gasteiger partial charge in [-0.3, -0.25) is 4.79 Å². The zero-order chi connectivity index (χ0) is 21.4. The molecule has 7 nitrogen and oxygen atoms in total.